The van der Waals surface area contributed by atoms with Crippen molar-refractivity contribution in [2.24, 2.45) is 11.8 Å². The molecule has 1 fully saturated rings. The third kappa shape index (κ3) is 1.38. The molecular formula is C8H12O2. The molecule has 1 rings (SSSR count). The molecule has 0 radical (unpaired) electrons. The fourth-order valence-electron chi connectivity index (χ4n) is 1.10. The Kier molecular flexibility index (Phi) is 2.10. The highest BCUT2D eigenvalue weighted by Crippen LogP contribution is 2.40. The van der Waals surface area contributed by atoms with E-state index in [1.807, 2.05) is 13.0 Å². The van der Waals surface area contributed by atoms with E-state index >= 15 is 0 Å². The van der Waals surface area contributed by atoms with Crippen LogP contribution in [0, 0.1) is 11.8 Å². The standard InChI is InChI=1S/C8H12O2/c1-3-4-6-5-7(6)8(9)10-2/h3-4,6-7H,5H2,1-2H3/b4-3-. The molecule has 0 saturated heterocycles. The number of hydrogen-bond acceptors (Lipinski definition) is 2. The molecule has 0 heterocycles. The van der Waals surface area contributed by atoms with Crippen molar-refractivity contribution in [2.45, 2.75) is 13.3 Å². The van der Waals surface area contributed by atoms with Crippen molar-refractivity contribution in [3.63, 3.8) is 0 Å². The summed E-state index contributed by atoms with van der Waals surface area (Å²) in [6, 6.07) is 0. The van der Waals surface area contributed by atoms with Gasteiger partial charge in [-0.15, -0.1) is 0 Å². The predicted molar refractivity (Wildman–Crippen MR) is 38.4 cm³/mol. The predicted octanol–water partition coefficient (Wildman–Crippen LogP) is 1.37. The molecule has 0 amide bonds. The molecule has 0 aromatic rings. The Bertz CT molecular complexity index is 161. The quantitative estimate of drug-likeness (QED) is 0.427. The van der Waals surface area contributed by atoms with Crippen molar-refractivity contribution >= 4 is 5.97 Å². The molecule has 0 aliphatic heterocycles. The minimum Gasteiger partial charge on any atom is -0.469 e. The van der Waals surface area contributed by atoms with E-state index in [1.165, 1.54) is 7.11 Å². The van der Waals surface area contributed by atoms with Gasteiger partial charge in [-0.3, -0.25) is 4.79 Å². The number of allylic oxidation sites excluding steroid dienone is 2. The summed E-state index contributed by atoms with van der Waals surface area (Å²) in [6.45, 7) is 1.96. The van der Waals surface area contributed by atoms with Crippen molar-refractivity contribution in [1.82, 2.24) is 0 Å². The van der Waals surface area contributed by atoms with Crippen LogP contribution in [0.1, 0.15) is 13.3 Å². The first-order valence-corrected chi connectivity index (χ1v) is 3.50. The fraction of sp³-hybridized carbons (Fsp3) is 0.625. The fourth-order valence-corrected chi connectivity index (χ4v) is 1.10. The lowest BCUT2D eigenvalue weighted by atomic mass is 10.3. The van der Waals surface area contributed by atoms with Crippen LogP contribution in [0.25, 0.3) is 0 Å². The van der Waals surface area contributed by atoms with Gasteiger partial charge in [0.25, 0.3) is 0 Å². The molecule has 0 N–H and O–H groups in total. The first-order chi connectivity index (χ1) is 4.79. The van der Waals surface area contributed by atoms with Crippen LogP contribution >= 0.6 is 0 Å². The maximum atomic E-state index is 10.8. The highest BCUT2D eigenvalue weighted by atomic mass is 16.5. The van der Waals surface area contributed by atoms with E-state index < -0.39 is 0 Å². The molecule has 1 aliphatic carbocycles. The second-order valence-corrected chi connectivity index (χ2v) is 2.55. The van der Waals surface area contributed by atoms with Crippen LogP contribution in [0.15, 0.2) is 12.2 Å². The van der Waals surface area contributed by atoms with E-state index in [0.717, 1.165) is 6.42 Å². The number of hydrogen-bond donors (Lipinski definition) is 0. The highest BCUT2D eigenvalue weighted by molar-refractivity contribution is 5.76. The Morgan fingerprint density at radius 3 is 2.90 bits per heavy atom. The Hall–Kier alpha value is -0.790. The van der Waals surface area contributed by atoms with Crippen LogP contribution in [-0.4, -0.2) is 13.1 Å². The van der Waals surface area contributed by atoms with E-state index in [2.05, 4.69) is 10.8 Å². The zero-order valence-electron chi connectivity index (χ0n) is 6.33. The Morgan fingerprint density at radius 1 is 1.70 bits per heavy atom. The monoisotopic (exact) mass is 140 g/mol. The van der Waals surface area contributed by atoms with E-state index in [1.54, 1.807) is 0 Å². The molecule has 1 aliphatic rings. The van der Waals surface area contributed by atoms with E-state index in [0.29, 0.717) is 5.92 Å². The van der Waals surface area contributed by atoms with Gasteiger partial charge in [0, 0.05) is 0 Å². The van der Waals surface area contributed by atoms with Crippen molar-refractivity contribution in [1.29, 1.82) is 0 Å². The number of methoxy groups -OCH3 is 1. The summed E-state index contributed by atoms with van der Waals surface area (Å²) in [7, 11) is 1.44. The lowest BCUT2D eigenvalue weighted by molar-refractivity contribution is -0.142. The van der Waals surface area contributed by atoms with Crippen molar-refractivity contribution < 1.29 is 9.53 Å². The molecule has 0 aromatic carbocycles. The van der Waals surface area contributed by atoms with Gasteiger partial charge in [-0.2, -0.15) is 0 Å². The summed E-state index contributed by atoms with van der Waals surface area (Å²) in [4.78, 5) is 10.8. The van der Waals surface area contributed by atoms with Crippen molar-refractivity contribution in [2.75, 3.05) is 7.11 Å². The largest absolute Gasteiger partial charge is 0.469 e. The maximum Gasteiger partial charge on any atom is 0.309 e. The SMILES string of the molecule is C/C=C\C1CC1C(=O)OC. The van der Waals surface area contributed by atoms with Crippen molar-refractivity contribution in [3.05, 3.63) is 12.2 Å². The minimum atomic E-state index is -0.0666. The first-order valence-electron chi connectivity index (χ1n) is 3.50. The molecule has 2 unspecified atom stereocenters. The van der Waals surface area contributed by atoms with E-state index in [-0.39, 0.29) is 11.9 Å². The number of ether oxygens (including phenoxy) is 1. The highest BCUT2D eigenvalue weighted by Gasteiger charge is 2.41. The van der Waals surface area contributed by atoms with E-state index in [4.69, 9.17) is 0 Å². The normalized spacial score (nSPS) is 30.6. The third-order valence-electron chi connectivity index (χ3n) is 1.78. The van der Waals surface area contributed by atoms with Crippen LogP contribution in [0.4, 0.5) is 0 Å². The van der Waals surface area contributed by atoms with Gasteiger partial charge in [-0.25, -0.2) is 0 Å². The van der Waals surface area contributed by atoms with Gasteiger partial charge in [-0.1, -0.05) is 12.2 Å². The zero-order chi connectivity index (χ0) is 7.56. The topological polar surface area (TPSA) is 26.3 Å². The van der Waals surface area contributed by atoms with E-state index in [9.17, 15) is 4.79 Å². The molecular weight excluding hydrogens is 128 g/mol. The summed E-state index contributed by atoms with van der Waals surface area (Å²) in [5.74, 6) is 0.543. The summed E-state index contributed by atoms with van der Waals surface area (Å²) in [5.41, 5.74) is 0. The number of carbonyl (C=O) groups excluding carboxylic acids is 1. The molecule has 56 valence electrons. The van der Waals surface area contributed by atoms with Gasteiger partial charge in [0.2, 0.25) is 0 Å². The maximum absolute atomic E-state index is 10.8. The summed E-state index contributed by atoms with van der Waals surface area (Å²) in [5, 5.41) is 0. The zero-order valence-corrected chi connectivity index (χ0v) is 6.33. The van der Waals surface area contributed by atoms with Crippen LogP contribution in [0.2, 0.25) is 0 Å². The lowest BCUT2D eigenvalue weighted by Crippen LogP contribution is -2.03. The summed E-state index contributed by atoms with van der Waals surface area (Å²) >= 11 is 0. The van der Waals surface area contributed by atoms with Crippen molar-refractivity contribution in [3.8, 4) is 0 Å². The number of rotatable bonds is 2. The van der Waals surface area contributed by atoms with Gasteiger partial charge in [0.1, 0.15) is 0 Å². The molecule has 10 heavy (non-hydrogen) atoms. The molecule has 0 aromatic heterocycles. The number of esters is 1. The van der Waals surface area contributed by atoms with Crippen LogP contribution in [0.3, 0.4) is 0 Å². The Labute approximate surface area is 60.9 Å². The van der Waals surface area contributed by atoms with Gasteiger partial charge >= 0.3 is 5.97 Å². The lowest BCUT2D eigenvalue weighted by Gasteiger charge is -1.92. The molecule has 0 spiro atoms. The van der Waals surface area contributed by atoms with Crippen LogP contribution in [-0.2, 0) is 9.53 Å². The Morgan fingerprint density at radius 2 is 2.40 bits per heavy atom. The summed E-state index contributed by atoms with van der Waals surface area (Å²) in [6.07, 6.45) is 5.01. The third-order valence-corrected chi connectivity index (χ3v) is 1.78. The van der Waals surface area contributed by atoms with Crippen LogP contribution in [0.5, 0.6) is 0 Å². The number of carbonyl (C=O) groups is 1. The Balaban J connectivity index is 2.31. The molecule has 2 atom stereocenters. The average Bonchev–Trinajstić information content (AvgIpc) is 2.67. The second-order valence-electron chi connectivity index (χ2n) is 2.55. The first kappa shape index (κ1) is 7.32. The van der Waals surface area contributed by atoms with Gasteiger partial charge in [0.05, 0.1) is 13.0 Å². The molecule has 1 saturated carbocycles. The van der Waals surface area contributed by atoms with Gasteiger partial charge in [0.15, 0.2) is 0 Å². The molecule has 2 heteroatoms. The second kappa shape index (κ2) is 2.86. The average molecular weight is 140 g/mol. The van der Waals surface area contributed by atoms with Gasteiger partial charge in [-0.05, 0) is 19.3 Å². The molecule has 2 nitrogen and oxygen atoms in total. The minimum absolute atomic E-state index is 0.0666. The van der Waals surface area contributed by atoms with Crippen LogP contribution < -0.4 is 0 Å². The summed E-state index contributed by atoms with van der Waals surface area (Å²) < 4.78 is 4.58. The van der Waals surface area contributed by atoms with Gasteiger partial charge < -0.3 is 4.74 Å². The smallest absolute Gasteiger partial charge is 0.309 e. The molecule has 0 bridgehead atoms.